The SMILES string of the molecule is CCCCCCCOc1cnc(CNCC(C)C)cn1. The first-order valence-corrected chi connectivity index (χ1v) is 7.86. The molecule has 0 fully saturated rings. The summed E-state index contributed by atoms with van der Waals surface area (Å²) in [6.07, 6.45) is 9.73. The highest BCUT2D eigenvalue weighted by Gasteiger charge is 1.99. The third-order valence-corrected chi connectivity index (χ3v) is 3.04. The Morgan fingerprint density at radius 3 is 2.55 bits per heavy atom. The highest BCUT2D eigenvalue weighted by molar-refractivity contribution is 5.07. The van der Waals surface area contributed by atoms with Crippen LogP contribution < -0.4 is 10.1 Å². The number of hydrogen-bond acceptors (Lipinski definition) is 4. The second kappa shape index (κ2) is 10.6. The zero-order valence-corrected chi connectivity index (χ0v) is 13.2. The third-order valence-electron chi connectivity index (χ3n) is 3.04. The Labute approximate surface area is 123 Å². The number of hydrogen-bond donors (Lipinski definition) is 1. The normalized spacial score (nSPS) is 11.0. The molecule has 1 heterocycles. The molecule has 0 radical (unpaired) electrons. The number of ether oxygens (including phenoxy) is 1. The van der Waals surface area contributed by atoms with E-state index in [2.05, 4.69) is 36.1 Å². The van der Waals surface area contributed by atoms with Gasteiger partial charge in [0.15, 0.2) is 0 Å². The average molecular weight is 279 g/mol. The van der Waals surface area contributed by atoms with E-state index >= 15 is 0 Å². The fourth-order valence-corrected chi connectivity index (χ4v) is 1.88. The van der Waals surface area contributed by atoms with Gasteiger partial charge < -0.3 is 10.1 Å². The van der Waals surface area contributed by atoms with Crippen LogP contribution in [0.4, 0.5) is 0 Å². The monoisotopic (exact) mass is 279 g/mol. The van der Waals surface area contributed by atoms with Crippen LogP contribution in [0.1, 0.15) is 58.6 Å². The summed E-state index contributed by atoms with van der Waals surface area (Å²) in [5, 5.41) is 3.35. The maximum Gasteiger partial charge on any atom is 0.232 e. The first-order chi connectivity index (χ1) is 9.72. The van der Waals surface area contributed by atoms with Crippen molar-refractivity contribution in [3.63, 3.8) is 0 Å². The summed E-state index contributed by atoms with van der Waals surface area (Å²) in [7, 11) is 0. The van der Waals surface area contributed by atoms with Crippen LogP contribution >= 0.6 is 0 Å². The van der Waals surface area contributed by atoms with Crippen molar-refractivity contribution in [2.24, 2.45) is 5.92 Å². The van der Waals surface area contributed by atoms with Gasteiger partial charge in [0.05, 0.1) is 24.7 Å². The number of nitrogens with one attached hydrogen (secondary N) is 1. The Bertz CT molecular complexity index is 338. The lowest BCUT2D eigenvalue weighted by molar-refractivity contribution is 0.291. The van der Waals surface area contributed by atoms with Crippen molar-refractivity contribution < 1.29 is 4.74 Å². The van der Waals surface area contributed by atoms with E-state index in [-0.39, 0.29) is 0 Å². The minimum atomic E-state index is 0.633. The minimum Gasteiger partial charge on any atom is -0.477 e. The van der Waals surface area contributed by atoms with E-state index in [0.29, 0.717) is 11.8 Å². The van der Waals surface area contributed by atoms with E-state index in [9.17, 15) is 0 Å². The largest absolute Gasteiger partial charge is 0.477 e. The fraction of sp³-hybridized carbons (Fsp3) is 0.750. The quantitative estimate of drug-likeness (QED) is 0.629. The third kappa shape index (κ3) is 8.10. The summed E-state index contributed by atoms with van der Waals surface area (Å²) in [6, 6.07) is 0. The lowest BCUT2D eigenvalue weighted by Gasteiger charge is -2.08. The van der Waals surface area contributed by atoms with Crippen molar-refractivity contribution in [3.8, 4) is 5.88 Å². The molecule has 0 bridgehead atoms. The molecule has 114 valence electrons. The standard InChI is InChI=1S/C16H29N3O/c1-4-5-6-7-8-9-20-16-13-18-15(12-19-16)11-17-10-14(2)3/h12-14,17H,4-11H2,1-3H3. The number of unbranched alkanes of at least 4 members (excludes halogenated alkanes) is 4. The van der Waals surface area contributed by atoms with Gasteiger partial charge in [-0.3, -0.25) is 4.98 Å². The second-order valence-electron chi connectivity index (χ2n) is 5.63. The minimum absolute atomic E-state index is 0.633. The van der Waals surface area contributed by atoms with Gasteiger partial charge in [-0.1, -0.05) is 46.5 Å². The molecular formula is C16H29N3O. The van der Waals surface area contributed by atoms with Gasteiger partial charge in [-0.15, -0.1) is 0 Å². The van der Waals surface area contributed by atoms with Crippen molar-refractivity contribution >= 4 is 0 Å². The Kier molecular flexibility index (Phi) is 8.96. The Morgan fingerprint density at radius 1 is 1.10 bits per heavy atom. The van der Waals surface area contributed by atoms with Gasteiger partial charge in [0.2, 0.25) is 5.88 Å². The maximum absolute atomic E-state index is 5.59. The van der Waals surface area contributed by atoms with E-state index in [0.717, 1.165) is 31.8 Å². The van der Waals surface area contributed by atoms with Gasteiger partial charge >= 0.3 is 0 Å². The number of nitrogens with zero attached hydrogens (tertiary/aromatic N) is 2. The summed E-state index contributed by atoms with van der Waals surface area (Å²) in [4.78, 5) is 8.64. The van der Waals surface area contributed by atoms with E-state index in [4.69, 9.17) is 4.74 Å². The molecule has 0 atom stereocenters. The lowest BCUT2D eigenvalue weighted by atomic mass is 10.2. The molecular weight excluding hydrogens is 250 g/mol. The summed E-state index contributed by atoms with van der Waals surface area (Å²) in [6.45, 7) is 9.11. The molecule has 0 unspecified atom stereocenters. The molecule has 0 spiro atoms. The topological polar surface area (TPSA) is 47.0 Å². The van der Waals surface area contributed by atoms with Gasteiger partial charge in [0, 0.05) is 6.54 Å². The first kappa shape index (κ1) is 16.9. The summed E-state index contributed by atoms with van der Waals surface area (Å²) < 4.78 is 5.59. The van der Waals surface area contributed by atoms with E-state index in [1.54, 1.807) is 12.4 Å². The van der Waals surface area contributed by atoms with Gasteiger partial charge in [-0.05, 0) is 18.9 Å². The van der Waals surface area contributed by atoms with Crippen LogP contribution in [0.2, 0.25) is 0 Å². The predicted molar refractivity (Wildman–Crippen MR) is 82.8 cm³/mol. The van der Waals surface area contributed by atoms with Crippen LogP contribution in [0.5, 0.6) is 5.88 Å². The van der Waals surface area contributed by atoms with Crippen molar-refractivity contribution in [2.75, 3.05) is 13.2 Å². The molecule has 0 amide bonds. The fourth-order valence-electron chi connectivity index (χ4n) is 1.88. The Hall–Kier alpha value is -1.16. The van der Waals surface area contributed by atoms with Crippen LogP contribution in [0, 0.1) is 5.92 Å². The van der Waals surface area contributed by atoms with Crippen LogP contribution in [0.15, 0.2) is 12.4 Å². The molecule has 20 heavy (non-hydrogen) atoms. The van der Waals surface area contributed by atoms with E-state index < -0.39 is 0 Å². The molecule has 4 nitrogen and oxygen atoms in total. The molecule has 1 aromatic heterocycles. The van der Waals surface area contributed by atoms with Crippen molar-refractivity contribution in [3.05, 3.63) is 18.1 Å². The van der Waals surface area contributed by atoms with Crippen molar-refractivity contribution in [2.45, 2.75) is 59.4 Å². The molecule has 1 rings (SSSR count). The van der Waals surface area contributed by atoms with Crippen LogP contribution in [0.25, 0.3) is 0 Å². The van der Waals surface area contributed by atoms with Crippen LogP contribution in [0.3, 0.4) is 0 Å². The summed E-state index contributed by atoms with van der Waals surface area (Å²) >= 11 is 0. The molecule has 0 aromatic carbocycles. The summed E-state index contributed by atoms with van der Waals surface area (Å²) in [5.41, 5.74) is 0.959. The van der Waals surface area contributed by atoms with Crippen molar-refractivity contribution in [1.82, 2.24) is 15.3 Å². The van der Waals surface area contributed by atoms with Gasteiger partial charge in [-0.2, -0.15) is 0 Å². The Balaban J connectivity index is 2.15. The molecule has 1 aromatic rings. The molecule has 0 aliphatic heterocycles. The summed E-state index contributed by atoms with van der Waals surface area (Å²) in [5.74, 6) is 1.28. The Morgan fingerprint density at radius 2 is 1.90 bits per heavy atom. The number of aromatic nitrogens is 2. The van der Waals surface area contributed by atoms with Gasteiger partial charge in [-0.25, -0.2) is 4.98 Å². The van der Waals surface area contributed by atoms with E-state index in [1.165, 1.54) is 25.7 Å². The highest BCUT2D eigenvalue weighted by Crippen LogP contribution is 2.07. The second-order valence-corrected chi connectivity index (χ2v) is 5.63. The molecule has 0 saturated heterocycles. The van der Waals surface area contributed by atoms with Gasteiger partial charge in [0.1, 0.15) is 0 Å². The zero-order valence-electron chi connectivity index (χ0n) is 13.2. The molecule has 0 aliphatic rings. The molecule has 1 N–H and O–H groups in total. The van der Waals surface area contributed by atoms with Gasteiger partial charge in [0.25, 0.3) is 0 Å². The lowest BCUT2D eigenvalue weighted by Crippen LogP contribution is -2.19. The number of rotatable bonds is 11. The molecule has 4 heteroatoms. The van der Waals surface area contributed by atoms with Crippen molar-refractivity contribution in [1.29, 1.82) is 0 Å². The first-order valence-electron chi connectivity index (χ1n) is 7.86. The average Bonchev–Trinajstić information content (AvgIpc) is 2.44. The smallest absolute Gasteiger partial charge is 0.232 e. The van der Waals surface area contributed by atoms with Crippen LogP contribution in [-0.4, -0.2) is 23.1 Å². The molecule has 0 aliphatic carbocycles. The molecule has 0 saturated carbocycles. The predicted octanol–water partition coefficient (Wildman–Crippen LogP) is 3.57. The zero-order chi connectivity index (χ0) is 14.6. The maximum atomic E-state index is 5.59. The van der Waals surface area contributed by atoms with E-state index in [1.807, 2.05) is 0 Å². The van der Waals surface area contributed by atoms with Crippen LogP contribution in [-0.2, 0) is 6.54 Å². The highest BCUT2D eigenvalue weighted by atomic mass is 16.5.